The quantitative estimate of drug-likeness (QED) is 0.400. The first-order valence-corrected chi connectivity index (χ1v) is 10.8. The molecule has 8 nitrogen and oxygen atoms in total. The Balaban J connectivity index is 1.33. The second-order valence-electron chi connectivity index (χ2n) is 7.80. The maximum absolute atomic E-state index is 12.6. The minimum absolute atomic E-state index is 0.175. The molecule has 0 aliphatic heterocycles. The van der Waals surface area contributed by atoms with E-state index in [9.17, 15) is 4.79 Å². The molecule has 0 saturated carbocycles. The first-order chi connectivity index (χ1) is 16.7. The van der Waals surface area contributed by atoms with Crippen LogP contribution in [0.15, 0.2) is 94.1 Å². The van der Waals surface area contributed by atoms with Gasteiger partial charge in [0.05, 0.1) is 11.0 Å². The average Bonchev–Trinajstić information content (AvgIpc) is 3.48. The highest BCUT2D eigenvalue weighted by Crippen LogP contribution is 2.22. The van der Waals surface area contributed by atoms with Gasteiger partial charge >= 0.3 is 0 Å². The molecule has 0 bridgehead atoms. The van der Waals surface area contributed by atoms with Gasteiger partial charge in [-0.1, -0.05) is 48.5 Å². The van der Waals surface area contributed by atoms with Gasteiger partial charge in [0.1, 0.15) is 30.3 Å². The van der Waals surface area contributed by atoms with Crippen molar-refractivity contribution in [3.05, 3.63) is 107 Å². The van der Waals surface area contributed by atoms with E-state index < -0.39 is 0 Å². The molecule has 3 aromatic heterocycles. The van der Waals surface area contributed by atoms with Gasteiger partial charge in [-0.05, 0) is 41.8 Å². The predicted molar refractivity (Wildman–Crippen MR) is 127 cm³/mol. The maximum atomic E-state index is 12.6. The van der Waals surface area contributed by atoms with Crippen LogP contribution in [0.2, 0.25) is 0 Å². The molecular formula is C26H19N5O3. The van der Waals surface area contributed by atoms with Crippen molar-refractivity contribution in [3.8, 4) is 17.2 Å². The lowest BCUT2D eigenvalue weighted by Gasteiger charge is -2.08. The third-order valence-corrected chi connectivity index (χ3v) is 5.59. The summed E-state index contributed by atoms with van der Waals surface area (Å²) in [5.74, 6) is 2.03. The van der Waals surface area contributed by atoms with Crippen LogP contribution >= 0.6 is 0 Å². The number of nitrogens with zero attached hydrogens (tertiary/aromatic N) is 4. The van der Waals surface area contributed by atoms with Crippen molar-refractivity contribution in [1.29, 1.82) is 0 Å². The molecule has 8 heteroatoms. The third-order valence-electron chi connectivity index (χ3n) is 5.59. The number of para-hydroxylation sites is 4. The van der Waals surface area contributed by atoms with Crippen LogP contribution in [-0.4, -0.2) is 24.7 Å². The molecule has 166 valence electrons. The van der Waals surface area contributed by atoms with Crippen molar-refractivity contribution >= 4 is 21.9 Å². The van der Waals surface area contributed by atoms with Gasteiger partial charge in [0, 0.05) is 5.52 Å². The summed E-state index contributed by atoms with van der Waals surface area (Å²) in [4.78, 5) is 20.2. The molecule has 0 atom stereocenters. The van der Waals surface area contributed by atoms with Gasteiger partial charge in [0.2, 0.25) is 5.89 Å². The number of aromatic amines is 1. The van der Waals surface area contributed by atoms with E-state index in [4.69, 9.17) is 14.1 Å². The number of hydrogen-bond acceptors (Lipinski definition) is 6. The van der Waals surface area contributed by atoms with Gasteiger partial charge < -0.3 is 18.7 Å². The Bertz CT molecular complexity index is 1670. The fourth-order valence-corrected chi connectivity index (χ4v) is 3.94. The SMILES string of the molecule is O=c1[nH]c2ccccc2cc1-c1nnc(Cn2c(COc3ccccc3)nc3ccccc32)o1. The zero-order chi connectivity index (χ0) is 22.9. The highest BCUT2D eigenvalue weighted by atomic mass is 16.5. The fourth-order valence-electron chi connectivity index (χ4n) is 3.94. The summed E-state index contributed by atoms with van der Waals surface area (Å²) >= 11 is 0. The van der Waals surface area contributed by atoms with Crippen LogP contribution in [0.4, 0.5) is 0 Å². The van der Waals surface area contributed by atoms with E-state index >= 15 is 0 Å². The zero-order valence-corrected chi connectivity index (χ0v) is 18.0. The molecule has 3 heterocycles. The zero-order valence-electron chi connectivity index (χ0n) is 18.0. The van der Waals surface area contributed by atoms with Gasteiger partial charge in [-0.2, -0.15) is 0 Å². The number of benzene rings is 3. The third kappa shape index (κ3) is 3.71. The van der Waals surface area contributed by atoms with Crippen molar-refractivity contribution < 1.29 is 9.15 Å². The summed E-state index contributed by atoms with van der Waals surface area (Å²) in [6, 6.07) is 26.7. The number of rotatable bonds is 6. The molecule has 6 rings (SSSR count). The molecule has 0 aliphatic rings. The van der Waals surface area contributed by atoms with Crippen LogP contribution in [0.25, 0.3) is 33.4 Å². The summed E-state index contributed by atoms with van der Waals surface area (Å²) in [7, 11) is 0. The molecule has 1 N–H and O–H groups in total. The predicted octanol–water partition coefficient (Wildman–Crippen LogP) is 4.56. The minimum atomic E-state index is -0.279. The Morgan fingerprint density at radius 2 is 1.71 bits per heavy atom. The molecule has 34 heavy (non-hydrogen) atoms. The maximum Gasteiger partial charge on any atom is 0.261 e. The number of fused-ring (bicyclic) bond motifs is 2. The molecule has 0 amide bonds. The number of hydrogen-bond donors (Lipinski definition) is 1. The van der Waals surface area contributed by atoms with E-state index in [-0.39, 0.29) is 18.1 Å². The van der Waals surface area contributed by atoms with Gasteiger partial charge in [0.15, 0.2) is 0 Å². The van der Waals surface area contributed by atoms with Crippen molar-refractivity contribution in [2.75, 3.05) is 0 Å². The number of pyridine rings is 1. The monoisotopic (exact) mass is 449 g/mol. The molecule has 0 aliphatic carbocycles. The Kier molecular flexibility index (Phi) is 4.88. The molecule has 3 aromatic carbocycles. The molecule has 0 radical (unpaired) electrons. The molecule has 0 unspecified atom stereocenters. The topological polar surface area (TPSA) is 98.8 Å². The number of aromatic nitrogens is 5. The summed E-state index contributed by atoms with van der Waals surface area (Å²) in [5.41, 5.74) is 2.58. The molecule has 0 fully saturated rings. The normalized spacial score (nSPS) is 11.3. The van der Waals surface area contributed by atoms with Crippen LogP contribution in [0, 0.1) is 0 Å². The van der Waals surface area contributed by atoms with E-state index in [1.807, 2.05) is 83.4 Å². The standard InChI is InChI=1S/C26H19N5O3/c32-25-19(14-17-8-4-5-11-20(17)28-25)26-30-29-24(34-26)15-31-22-13-7-6-12-21(22)27-23(31)16-33-18-9-2-1-3-10-18/h1-14H,15-16H2,(H,28,32). The van der Waals surface area contributed by atoms with Gasteiger partial charge in [0.25, 0.3) is 11.4 Å². The summed E-state index contributed by atoms with van der Waals surface area (Å²) in [5, 5.41) is 9.22. The van der Waals surface area contributed by atoms with Crippen LogP contribution in [0.5, 0.6) is 5.75 Å². The smallest absolute Gasteiger partial charge is 0.261 e. The van der Waals surface area contributed by atoms with Crippen molar-refractivity contribution in [3.63, 3.8) is 0 Å². The van der Waals surface area contributed by atoms with Crippen LogP contribution in [0.3, 0.4) is 0 Å². The van der Waals surface area contributed by atoms with Crippen LogP contribution in [0.1, 0.15) is 11.7 Å². The average molecular weight is 449 g/mol. The number of H-pyrrole nitrogens is 1. The largest absolute Gasteiger partial charge is 0.486 e. The van der Waals surface area contributed by atoms with E-state index in [0.717, 1.165) is 33.5 Å². The van der Waals surface area contributed by atoms with Crippen molar-refractivity contribution in [2.45, 2.75) is 13.2 Å². The Morgan fingerprint density at radius 3 is 2.62 bits per heavy atom. The Labute approximate surface area is 193 Å². The number of ether oxygens (including phenoxy) is 1. The van der Waals surface area contributed by atoms with Gasteiger partial charge in [-0.15, -0.1) is 10.2 Å². The minimum Gasteiger partial charge on any atom is -0.486 e. The van der Waals surface area contributed by atoms with Gasteiger partial charge in [-0.25, -0.2) is 4.98 Å². The molecule has 0 saturated heterocycles. The van der Waals surface area contributed by atoms with Gasteiger partial charge in [-0.3, -0.25) is 4.79 Å². The van der Waals surface area contributed by atoms with Crippen molar-refractivity contribution in [2.24, 2.45) is 0 Å². The highest BCUT2D eigenvalue weighted by Gasteiger charge is 2.17. The Morgan fingerprint density at radius 1 is 0.912 bits per heavy atom. The molecular weight excluding hydrogens is 430 g/mol. The van der Waals surface area contributed by atoms with Crippen LogP contribution < -0.4 is 10.3 Å². The number of imidazole rings is 1. The summed E-state index contributed by atoms with van der Waals surface area (Å²) in [6.07, 6.45) is 0. The van der Waals surface area contributed by atoms with E-state index in [0.29, 0.717) is 18.0 Å². The van der Waals surface area contributed by atoms with Crippen molar-refractivity contribution in [1.82, 2.24) is 24.7 Å². The van der Waals surface area contributed by atoms with E-state index in [2.05, 4.69) is 15.2 Å². The molecule has 0 spiro atoms. The second-order valence-corrected chi connectivity index (χ2v) is 7.80. The highest BCUT2D eigenvalue weighted by molar-refractivity contribution is 5.82. The second kappa shape index (κ2) is 8.32. The number of nitrogens with one attached hydrogen (secondary N) is 1. The first-order valence-electron chi connectivity index (χ1n) is 10.8. The van der Waals surface area contributed by atoms with Crippen LogP contribution in [-0.2, 0) is 13.2 Å². The molecule has 6 aromatic rings. The Hall–Kier alpha value is -4.72. The summed E-state index contributed by atoms with van der Waals surface area (Å²) < 4.78 is 13.8. The lowest BCUT2D eigenvalue weighted by atomic mass is 10.1. The first kappa shape index (κ1) is 19.9. The van der Waals surface area contributed by atoms with E-state index in [1.54, 1.807) is 6.07 Å². The lowest BCUT2D eigenvalue weighted by molar-refractivity contribution is 0.290. The van der Waals surface area contributed by atoms with E-state index in [1.165, 1.54) is 0 Å². The lowest BCUT2D eigenvalue weighted by Crippen LogP contribution is -2.09. The fraction of sp³-hybridized carbons (Fsp3) is 0.0769. The summed E-state index contributed by atoms with van der Waals surface area (Å²) in [6.45, 7) is 0.580.